The standard InChI is InChI=1S/C27H39N5O.HI/c1-2-28-27(30-21-24-10-12-26(13-11-24)32-16-18-33-19-17-32)29-20-23-6-8-25(9-7-23)22-31-14-4-3-5-15-31;/h6-13H,2-5,14-22H2,1H3,(H2,28,29,30);1H. The van der Waals surface area contributed by atoms with Gasteiger partial charge in [0.05, 0.1) is 19.8 Å². The minimum absolute atomic E-state index is 0. The van der Waals surface area contributed by atoms with Gasteiger partial charge in [-0.1, -0.05) is 42.8 Å². The summed E-state index contributed by atoms with van der Waals surface area (Å²) in [6.07, 6.45) is 4.07. The second-order valence-electron chi connectivity index (χ2n) is 8.97. The van der Waals surface area contributed by atoms with Crippen molar-refractivity contribution in [1.82, 2.24) is 15.5 Å². The van der Waals surface area contributed by atoms with Gasteiger partial charge in [-0.25, -0.2) is 4.99 Å². The molecule has 6 nitrogen and oxygen atoms in total. The highest BCUT2D eigenvalue weighted by Gasteiger charge is 2.11. The van der Waals surface area contributed by atoms with Gasteiger partial charge in [-0.15, -0.1) is 24.0 Å². The number of nitrogens with one attached hydrogen (secondary N) is 2. The van der Waals surface area contributed by atoms with Crippen molar-refractivity contribution >= 4 is 35.6 Å². The molecule has 0 spiro atoms. The van der Waals surface area contributed by atoms with Gasteiger partial charge in [-0.05, 0) is 61.7 Å². The maximum atomic E-state index is 5.45. The number of rotatable bonds is 8. The van der Waals surface area contributed by atoms with Crippen LogP contribution in [0.15, 0.2) is 53.5 Å². The van der Waals surface area contributed by atoms with E-state index in [1.165, 1.54) is 54.7 Å². The maximum Gasteiger partial charge on any atom is 0.191 e. The number of piperidine rings is 1. The average molecular weight is 578 g/mol. The summed E-state index contributed by atoms with van der Waals surface area (Å²) in [6, 6.07) is 17.8. The highest BCUT2D eigenvalue weighted by molar-refractivity contribution is 14.0. The fourth-order valence-corrected chi connectivity index (χ4v) is 4.47. The number of benzene rings is 2. The van der Waals surface area contributed by atoms with Crippen LogP contribution in [0.5, 0.6) is 0 Å². The molecule has 2 aliphatic heterocycles. The molecule has 2 aromatic carbocycles. The Kier molecular flexibility index (Phi) is 11.4. The molecule has 2 aliphatic rings. The number of hydrogen-bond donors (Lipinski definition) is 2. The van der Waals surface area contributed by atoms with Crippen molar-refractivity contribution in [2.45, 2.75) is 45.8 Å². The molecule has 2 N–H and O–H groups in total. The Morgan fingerprint density at radius 2 is 1.47 bits per heavy atom. The number of hydrogen-bond acceptors (Lipinski definition) is 4. The van der Waals surface area contributed by atoms with E-state index in [9.17, 15) is 0 Å². The molecule has 0 unspecified atom stereocenters. The van der Waals surface area contributed by atoms with E-state index in [2.05, 4.69) is 75.9 Å². The zero-order chi connectivity index (χ0) is 22.7. The second kappa shape index (κ2) is 14.5. The molecule has 2 aromatic rings. The number of likely N-dealkylation sites (tertiary alicyclic amines) is 1. The van der Waals surface area contributed by atoms with Crippen LogP contribution in [0.3, 0.4) is 0 Å². The Balaban J connectivity index is 0.00000324. The smallest absolute Gasteiger partial charge is 0.191 e. The first kappa shape index (κ1) is 26.8. The number of ether oxygens (including phenoxy) is 1. The fraction of sp³-hybridized carbons (Fsp3) is 0.519. The van der Waals surface area contributed by atoms with Crippen LogP contribution >= 0.6 is 24.0 Å². The molecule has 0 amide bonds. The Morgan fingerprint density at radius 3 is 2.15 bits per heavy atom. The van der Waals surface area contributed by atoms with E-state index in [1.54, 1.807) is 0 Å². The third-order valence-corrected chi connectivity index (χ3v) is 6.41. The van der Waals surface area contributed by atoms with Gasteiger partial charge in [0.2, 0.25) is 0 Å². The summed E-state index contributed by atoms with van der Waals surface area (Å²) in [6.45, 7) is 11.5. The Bertz CT molecular complexity index is 860. The molecular weight excluding hydrogens is 537 g/mol. The molecular formula is C27H40IN5O. The van der Waals surface area contributed by atoms with Gasteiger partial charge in [-0.2, -0.15) is 0 Å². The SMILES string of the molecule is CCNC(=NCc1ccc(N2CCOCC2)cc1)NCc1ccc(CN2CCCCC2)cc1.I. The highest BCUT2D eigenvalue weighted by Crippen LogP contribution is 2.17. The number of halogens is 1. The van der Waals surface area contributed by atoms with Crippen LogP contribution in [0.4, 0.5) is 5.69 Å². The summed E-state index contributed by atoms with van der Waals surface area (Å²) in [5, 5.41) is 6.84. The molecule has 0 bridgehead atoms. The van der Waals surface area contributed by atoms with Gasteiger partial charge in [0.1, 0.15) is 0 Å². The minimum Gasteiger partial charge on any atom is -0.378 e. The van der Waals surface area contributed by atoms with Crippen LogP contribution in [0.2, 0.25) is 0 Å². The van der Waals surface area contributed by atoms with Crippen molar-refractivity contribution in [3.63, 3.8) is 0 Å². The molecule has 7 heteroatoms. The van der Waals surface area contributed by atoms with Gasteiger partial charge in [0.25, 0.3) is 0 Å². The number of aliphatic imine (C=N–C) groups is 1. The molecule has 2 fully saturated rings. The topological polar surface area (TPSA) is 52.1 Å². The van der Waals surface area contributed by atoms with E-state index in [1.807, 2.05) is 0 Å². The fourth-order valence-electron chi connectivity index (χ4n) is 4.47. The highest BCUT2D eigenvalue weighted by atomic mass is 127. The zero-order valence-corrected chi connectivity index (χ0v) is 22.8. The lowest BCUT2D eigenvalue weighted by molar-refractivity contribution is 0.122. The van der Waals surface area contributed by atoms with Crippen LogP contribution in [0.25, 0.3) is 0 Å². The summed E-state index contributed by atoms with van der Waals surface area (Å²) in [4.78, 5) is 9.73. The van der Waals surface area contributed by atoms with E-state index in [0.29, 0.717) is 6.54 Å². The zero-order valence-electron chi connectivity index (χ0n) is 20.5. The van der Waals surface area contributed by atoms with Crippen molar-refractivity contribution in [1.29, 1.82) is 0 Å². The molecule has 0 atom stereocenters. The quantitative estimate of drug-likeness (QED) is 0.277. The number of anilines is 1. The third kappa shape index (κ3) is 8.43. The summed E-state index contributed by atoms with van der Waals surface area (Å²) in [5.41, 5.74) is 5.16. The Labute approximate surface area is 222 Å². The number of morpholine rings is 1. The molecule has 2 heterocycles. The lowest BCUT2D eigenvalue weighted by atomic mass is 10.1. The van der Waals surface area contributed by atoms with E-state index < -0.39 is 0 Å². The predicted octanol–water partition coefficient (Wildman–Crippen LogP) is 4.38. The largest absolute Gasteiger partial charge is 0.378 e. The van der Waals surface area contributed by atoms with E-state index in [4.69, 9.17) is 9.73 Å². The second-order valence-corrected chi connectivity index (χ2v) is 8.97. The third-order valence-electron chi connectivity index (χ3n) is 6.41. The van der Waals surface area contributed by atoms with Crippen molar-refractivity contribution in [3.05, 3.63) is 65.2 Å². The lowest BCUT2D eigenvalue weighted by Gasteiger charge is -2.28. The molecule has 186 valence electrons. The monoisotopic (exact) mass is 577 g/mol. The first-order valence-electron chi connectivity index (χ1n) is 12.5. The molecule has 4 rings (SSSR count). The van der Waals surface area contributed by atoms with Gasteiger partial charge in [0, 0.05) is 38.4 Å². The van der Waals surface area contributed by atoms with Gasteiger partial charge < -0.3 is 20.3 Å². The van der Waals surface area contributed by atoms with Crippen molar-refractivity contribution < 1.29 is 4.74 Å². The average Bonchev–Trinajstić information content (AvgIpc) is 2.88. The van der Waals surface area contributed by atoms with Gasteiger partial charge >= 0.3 is 0 Å². The van der Waals surface area contributed by atoms with Crippen LogP contribution in [0.1, 0.15) is 42.9 Å². The van der Waals surface area contributed by atoms with Gasteiger partial charge in [-0.3, -0.25) is 4.90 Å². The molecule has 0 aliphatic carbocycles. The molecule has 0 saturated carbocycles. The van der Waals surface area contributed by atoms with Crippen molar-refractivity contribution in [3.8, 4) is 0 Å². The van der Waals surface area contributed by atoms with Crippen LogP contribution in [-0.2, 0) is 24.4 Å². The number of guanidine groups is 1. The summed E-state index contributed by atoms with van der Waals surface area (Å²) < 4.78 is 5.45. The maximum absolute atomic E-state index is 5.45. The number of nitrogens with zero attached hydrogens (tertiary/aromatic N) is 3. The van der Waals surface area contributed by atoms with Crippen molar-refractivity contribution in [2.24, 2.45) is 4.99 Å². The van der Waals surface area contributed by atoms with E-state index >= 15 is 0 Å². The summed E-state index contributed by atoms with van der Waals surface area (Å²) >= 11 is 0. The summed E-state index contributed by atoms with van der Waals surface area (Å²) in [5.74, 6) is 0.854. The van der Waals surface area contributed by atoms with E-state index in [-0.39, 0.29) is 24.0 Å². The van der Waals surface area contributed by atoms with Gasteiger partial charge in [0.15, 0.2) is 5.96 Å². The molecule has 0 aromatic heterocycles. The minimum atomic E-state index is 0. The molecule has 0 radical (unpaired) electrons. The van der Waals surface area contributed by atoms with Crippen molar-refractivity contribution in [2.75, 3.05) is 50.8 Å². The molecule has 34 heavy (non-hydrogen) atoms. The Hall–Kier alpha value is -1.84. The van der Waals surface area contributed by atoms with Crippen LogP contribution in [0, 0.1) is 0 Å². The summed E-state index contributed by atoms with van der Waals surface area (Å²) in [7, 11) is 0. The normalized spacial score (nSPS) is 17.2. The van der Waals surface area contributed by atoms with Crippen LogP contribution < -0.4 is 15.5 Å². The molecule has 2 saturated heterocycles. The van der Waals surface area contributed by atoms with Crippen LogP contribution in [-0.4, -0.2) is 56.8 Å². The van der Waals surface area contributed by atoms with E-state index in [0.717, 1.165) is 51.9 Å². The predicted molar refractivity (Wildman–Crippen MR) is 152 cm³/mol. The Morgan fingerprint density at radius 1 is 0.824 bits per heavy atom. The first-order chi connectivity index (χ1) is 16.3. The first-order valence-corrected chi connectivity index (χ1v) is 12.5. The lowest BCUT2D eigenvalue weighted by Crippen LogP contribution is -2.36.